The molecular weight excluding hydrogens is 548 g/mol. The zero-order valence-electron chi connectivity index (χ0n) is 25.4. The van der Waals surface area contributed by atoms with Crippen LogP contribution in [0.25, 0.3) is 22.0 Å². The first-order chi connectivity index (χ1) is 21.5. The zero-order valence-corrected chi connectivity index (χ0v) is 25.4. The van der Waals surface area contributed by atoms with Crippen LogP contribution in [0.2, 0.25) is 0 Å². The lowest BCUT2D eigenvalue weighted by molar-refractivity contribution is 0.0608. The Kier molecular flexibility index (Phi) is 6.74. The van der Waals surface area contributed by atoms with Gasteiger partial charge in [0.1, 0.15) is 23.4 Å². The van der Waals surface area contributed by atoms with Crippen molar-refractivity contribution >= 4 is 27.9 Å². The predicted molar refractivity (Wildman–Crippen MR) is 172 cm³/mol. The monoisotopic (exact) mass is 588 g/mol. The average Bonchev–Trinajstić information content (AvgIpc) is 3.69. The molecule has 3 aliphatic rings. The standard InChI is InChI=1S/C37H40N4O3/c1-25-38-33-9-5-6-10-34(33)41(25)29-21-27-11-12-28(22-29)40(27)20-17-37(26-7-3-2-4-8-26)15-18-39(19-16-37)36(43)32-24-44-35-23-30(42)13-14-31(32)35/h2-10,13-14,23-24,27-29,42H,11-12,15-22H2,1H3/t27-,28+,29+. The lowest BCUT2D eigenvalue weighted by Gasteiger charge is -2.45. The van der Waals surface area contributed by atoms with E-state index in [-0.39, 0.29) is 17.1 Å². The van der Waals surface area contributed by atoms with E-state index in [9.17, 15) is 9.90 Å². The number of carbonyl (C=O) groups excluding carboxylic acids is 1. The van der Waals surface area contributed by atoms with E-state index in [1.54, 1.807) is 24.5 Å². The van der Waals surface area contributed by atoms with Gasteiger partial charge in [-0.1, -0.05) is 42.5 Å². The summed E-state index contributed by atoms with van der Waals surface area (Å²) in [6, 6.07) is 26.3. The minimum atomic E-state index is 0.0125. The van der Waals surface area contributed by atoms with Crippen molar-refractivity contribution in [3.05, 3.63) is 96.0 Å². The first kappa shape index (κ1) is 27.4. The number of likely N-dealkylation sites (tertiary alicyclic amines) is 1. The maximum absolute atomic E-state index is 13.6. The third kappa shape index (κ3) is 4.60. The molecule has 8 rings (SSSR count). The molecule has 5 heterocycles. The summed E-state index contributed by atoms with van der Waals surface area (Å²) in [4.78, 5) is 23.3. The Morgan fingerprint density at radius 2 is 1.68 bits per heavy atom. The number of piperidine rings is 2. The molecule has 3 aliphatic heterocycles. The molecule has 3 aromatic carbocycles. The van der Waals surface area contributed by atoms with Crippen molar-refractivity contribution in [3.8, 4) is 5.75 Å². The van der Waals surface area contributed by atoms with Gasteiger partial charge in [0, 0.05) is 42.7 Å². The van der Waals surface area contributed by atoms with Gasteiger partial charge in [-0.25, -0.2) is 4.98 Å². The van der Waals surface area contributed by atoms with Gasteiger partial charge in [0.2, 0.25) is 0 Å². The number of fused-ring (bicyclic) bond motifs is 4. The normalized spacial score (nSPS) is 23.5. The van der Waals surface area contributed by atoms with E-state index >= 15 is 0 Å². The molecule has 0 saturated carbocycles. The number of aromatic hydroxyl groups is 1. The molecule has 0 unspecified atom stereocenters. The fraction of sp³-hybridized carbons (Fsp3) is 0.405. The third-order valence-corrected chi connectivity index (χ3v) is 11.0. The Balaban J connectivity index is 0.985. The minimum Gasteiger partial charge on any atom is -0.508 e. The fourth-order valence-electron chi connectivity index (χ4n) is 8.76. The van der Waals surface area contributed by atoms with Crippen molar-refractivity contribution in [1.29, 1.82) is 0 Å². The summed E-state index contributed by atoms with van der Waals surface area (Å²) in [6.07, 6.45) is 9.49. The van der Waals surface area contributed by atoms with Gasteiger partial charge in [0.05, 0.1) is 16.6 Å². The van der Waals surface area contributed by atoms with Crippen molar-refractivity contribution in [1.82, 2.24) is 19.4 Å². The number of furan rings is 1. The summed E-state index contributed by atoms with van der Waals surface area (Å²) in [5.41, 5.74) is 4.95. The van der Waals surface area contributed by atoms with Crippen LogP contribution < -0.4 is 0 Å². The molecule has 3 atom stereocenters. The van der Waals surface area contributed by atoms with Crippen LogP contribution in [-0.4, -0.2) is 62.1 Å². The number of benzene rings is 3. The molecular formula is C37H40N4O3. The number of hydrogen-bond donors (Lipinski definition) is 1. The van der Waals surface area contributed by atoms with Gasteiger partial charge in [-0.2, -0.15) is 0 Å². The second-order valence-electron chi connectivity index (χ2n) is 13.3. The highest BCUT2D eigenvalue weighted by Crippen LogP contribution is 2.45. The van der Waals surface area contributed by atoms with Gasteiger partial charge < -0.3 is 19.0 Å². The van der Waals surface area contributed by atoms with E-state index in [1.165, 1.54) is 36.8 Å². The summed E-state index contributed by atoms with van der Waals surface area (Å²) in [7, 11) is 0. The van der Waals surface area contributed by atoms with Crippen molar-refractivity contribution in [3.63, 3.8) is 0 Å². The smallest absolute Gasteiger partial charge is 0.257 e. The van der Waals surface area contributed by atoms with Gasteiger partial charge in [-0.3, -0.25) is 9.69 Å². The van der Waals surface area contributed by atoms with Crippen LogP contribution in [0, 0.1) is 6.92 Å². The molecule has 2 aromatic heterocycles. The summed E-state index contributed by atoms with van der Waals surface area (Å²) in [5.74, 6) is 1.29. The van der Waals surface area contributed by atoms with Gasteiger partial charge >= 0.3 is 0 Å². The van der Waals surface area contributed by atoms with E-state index in [4.69, 9.17) is 9.40 Å². The Morgan fingerprint density at radius 1 is 0.955 bits per heavy atom. The first-order valence-corrected chi connectivity index (χ1v) is 16.2. The third-order valence-electron chi connectivity index (χ3n) is 11.0. The van der Waals surface area contributed by atoms with Crippen molar-refractivity contribution in [2.24, 2.45) is 0 Å². The molecule has 3 saturated heterocycles. The second-order valence-corrected chi connectivity index (χ2v) is 13.3. The largest absolute Gasteiger partial charge is 0.508 e. The topological polar surface area (TPSA) is 74.7 Å². The summed E-state index contributed by atoms with van der Waals surface area (Å²) >= 11 is 0. The number of hydrogen-bond acceptors (Lipinski definition) is 5. The highest BCUT2D eigenvalue weighted by atomic mass is 16.3. The fourth-order valence-corrected chi connectivity index (χ4v) is 8.76. The maximum atomic E-state index is 13.6. The van der Waals surface area contributed by atoms with Crippen LogP contribution in [0.3, 0.4) is 0 Å². The lowest BCUT2D eigenvalue weighted by atomic mass is 9.70. The van der Waals surface area contributed by atoms with E-state index < -0.39 is 0 Å². The van der Waals surface area contributed by atoms with Crippen LogP contribution in [0.1, 0.15) is 72.7 Å². The first-order valence-electron chi connectivity index (χ1n) is 16.2. The number of rotatable bonds is 6. The molecule has 0 radical (unpaired) electrons. The molecule has 1 N–H and O–H groups in total. The van der Waals surface area contributed by atoms with Crippen molar-refractivity contribution in [2.75, 3.05) is 19.6 Å². The Morgan fingerprint density at radius 3 is 2.45 bits per heavy atom. The molecule has 226 valence electrons. The van der Waals surface area contributed by atoms with Crippen LogP contribution in [0.5, 0.6) is 5.75 Å². The Labute approximate surface area is 258 Å². The van der Waals surface area contributed by atoms with Gasteiger partial charge in [0.25, 0.3) is 5.91 Å². The summed E-state index contributed by atoms with van der Waals surface area (Å²) < 4.78 is 8.14. The number of nitrogens with zero attached hydrogens (tertiary/aromatic N) is 4. The van der Waals surface area contributed by atoms with E-state index in [0.717, 1.165) is 55.6 Å². The number of aryl methyl sites for hydroxylation is 1. The molecule has 7 heteroatoms. The van der Waals surface area contributed by atoms with Gasteiger partial charge in [0.15, 0.2) is 0 Å². The number of aromatic nitrogens is 2. The quantitative estimate of drug-likeness (QED) is 0.227. The number of phenolic OH excluding ortho intramolecular Hbond substituents is 1. The van der Waals surface area contributed by atoms with Crippen LogP contribution in [0.4, 0.5) is 0 Å². The predicted octanol–water partition coefficient (Wildman–Crippen LogP) is 7.23. The highest BCUT2D eigenvalue weighted by molar-refractivity contribution is 6.06. The van der Waals surface area contributed by atoms with Crippen molar-refractivity contribution < 1.29 is 14.3 Å². The molecule has 7 nitrogen and oxygen atoms in total. The number of carbonyl (C=O) groups is 1. The number of para-hydroxylation sites is 2. The van der Waals surface area contributed by atoms with E-state index in [1.807, 2.05) is 4.90 Å². The van der Waals surface area contributed by atoms with Crippen molar-refractivity contribution in [2.45, 2.75) is 75.4 Å². The molecule has 44 heavy (non-hydrogen) atoms. The molecule has 3 fully saturated rings. The minimum absolute atomic E-state index is 0.0125. The molecule has 0 spiro atoms. The summed E-state index contributed by atoms with van der Waals surface area (Å²) in [6.45, 7) is 4.71. The number of imidazole rings is 1. The lowest BCUT2D eigenvalue weighted by Crippen LogP contribution is -2.49. The van der Waals surface area contributed by atoms with E-state index in [0.29, 0.717) is 29.3 Å². The Hall–Kier alpha value is -4.10. The van der Waals surface area contributed by atoms with Gasteiger partial charge in [-0.15, -0.1) is 0 Å². The van der Waals surface area contributed by atoms with Crippen LogP contribution in [0.15, 0.2) is 83.5 Å². The maximum Gasteiger partial charge on any atom is 0.257 e. The zero-order chi connectivity index (χ0) is 29.8. The van der Waals surface area contributed by atoms with E-state index in [2.05, 4.69) is 71.0 Å². The van der Waals surface area contributed by atoms with Crippen LogP contribution in [-0.2, 0) is 5.41 Å². The molecule has 5 aromatic rings. The van der Waals surface area contributed by atoms with Crippen LogP contribution >= 0.6 is 0 Å². The number of phenols is 1. The Bertz CT molecular complexity index is 1800. The molecule has 2 bridgehead atoms. The molecule has 1 amide bonds. The average molecular weight is 589 g/mol. The SMILES string of the molecule is Cc1nc2ccccc2n1[C@H]1C[C@H]2CC[C@@H](C1)N2CCC1(c2ccccc2)CCN(C(=O)c2coc3cc(O)ccc23)CC1. The summed E-state index contributed by atoms with van der Waals surface area (Å²) in [5, 5.41) is 10.6. The number of amides is 1. The highest BCUT2D eigenvalue weighted by Gasteiger charge is 2.44. The van der Waals surface area contributed by atoms with Gasteiger partial charge in [-0.05, 0) is 93.7 Å². The molecule has 0 aliphatic carbocycles. The second kappa shape index (κ2) is 10.8.